The lowest BCUT2D eigenvalue weighted by Crippen LogP contribution is -2.31. The maximum Gasteiger partial charge on any atom is 0.127 e. The highest BCUT2D eigenvalue weighted by Crippen LogP contribution is 2.35. The van der Waals surface area contributed by atoms with Crippen LogP contribution in [0.2, 0.25) is 0 Å². The summed E-state index contributed by atoms with van der Waals surface area (Å²) < 4.78 is 0. The Kier molecular flexibility index (Phi) is 2.44. The van der Waals surface area contributed by atoms with Crippen LogP contribution in [0, 0.1) is 5.41 Å². The Balaban J connectivity index is 2.49. The zero-order chi connectivity index (χ0) is 7.45. The van der Waals surface area contributed by atoms with E-state index in [1.807, 2.05) is 7.05 Å². The molecule has 0 bridgehead atoms. The van der Waals surface area contributed by atoms with Crippen molar-refractivity contribution in [2.24, 2.45) is 5.41 Å². The number of rotatable bonds is 3. The minimum Gasteiger partial charge on any atom is -0.319 e. The maximum absolute atomic E-state index is 10.7. The molecule has 10 heavy (non-hydrogen) atoms. The topological polar surface area (TPSA) is 29.1 Å². The van der Waals surface area contributed by atoms with E-state index in [9.17, 15) is 4.79 Å². The molecule has 0 aromatic rings. The molecule has 0 aliphatic heterocycles. The Labute approximate surface area is 62.0 Å². The summed E-state index contributed by atoms with van der Waals surface area (Å²) in [6, 6.07) is 0. The van der Waals surface area contributed by atoms with Crippen molar-refractivity contribution in [3.8, 4) is 0 Å². The molecule has 0 heterocycles. The van der Waals surface area contributed by atoms with Gasteiger partial charge in [-0.1, -0.05) is 12.8 Å². The molecule has 2 heteroatoms. The first-order valence-corrected chi connectivity index (χ1v) is 3.94. The predicted octanol–water partition coefficient (Wildman–Crippen LogP) is 0.965. The Morgan fingerprint density at radius 2 is 2.10 bits per heavy atom. The molecule has 2 nitrogen and oxygen atoms in total. The number of carbonyl (C=O) groups excluding carboxylic acids is 1. The molecular formula is C8H15NO. The van der Waals surface area contributed by atoms with E-state index in [1.165, 1.54) is 12.8 Å². The molecule has 0 atom stereocenters. The molecule has 1 aliphatic carbocycles. The van der Waals surface area contributed by atoms with E-state index >= 15 is 0 Å². The van der Waals surface area contributed by atoms with Crippen molar-refractivity contribution in [3.63, 3.8) is 0 Å². The molecule has 0 spiro atoms. The highest BCUT2D eigenvalue weighted by molar-refractivity contribution is 5.60. The fourth-order valence-electron chi connectivity index (χ4n) is 1.77. The van der Waals surface area contributed by atoms with Gasteiger partial charge in [-0.15, -0.1) is 0 Å². The van der Waals surface area contributed by atoms with Crippen molar-refractivity contribution in [2.45, 2.75) is 25.7 Å². The SMILES string of the molecule is CNCC1(C=O)CCCC1. The van der Waals surface area contributed by atoms with Crippen LogP contribution in [-0.2, 0) is 4.79 Å². The van der Waals surface area contributed by atoms with E-state index in [0.29, 0.717) is 0 Å². The van der Waals surface area contributed by atoms with E-state index in [1.54, 1.807) is 0 Å². The first kappa shape index (κ1) is 7.73. The minimum atomic E-state index is -0.00521. The van der Waals surface area contributed by atoms with E-state index in [2.05, 4.69) is 5.32 Å². The van der Waals surface area contributed by atoms with Crippen LogP contribution in [0.5, 0.6) is 0 Å². The second-order valence-electron chi connectivity index (χ2n) is 3.22. The van der Waals surface area contributed by atoms with Crippen LogP contribution in [0.1, 0.15) is 25.7 Å². The number of hydrogen-bond donors (Lipinski definition) is 1. The quantitative estimate of drug-likeness (QED) is 0.593. The van der Waals surface area contributed by atoms with Crippen LogP contribution in [0.15, 0.2) is 0 Å². The lowest BCUT2D eigenvalue weighted by Gasteiger charge is -2.20. The van der Waals surface area contributed by atoms with E-state index in [4.69, 9.17) is 0 Å². The van der Waals surface area contributed by atoms with Gasteiger partial charge in [0.2, 0.25) is 0 Å². The summed E-state index contributed by atoms with van der Waals surface area (Å²) in [5.41, 5.74) is -0.00521. The molecule has 0 radical (unpaired) electrons. The lowest BCUT2D eigenvalue weighted by molar-refractivity contribution is -0.115. The fourth-order valence-corrected chi connectivity index (χ4v) is 1.77. The number of nitrogens with one attached hydrogen (secondary N) is 1. The van der Waals surface area contributed by atoms with Crippen LogP contribution < -0.4 is 5.32 Å². The summed E-state index contributed by atoms with van der Waals surface area (Å²) >= 11 is 0. The number of aldehydes is 1. The summed E-state index contributed by atoms with van der Waals surface area (Å²) in [5, 5.41) is 3.07. The van der Waals surface area contributed by atoms with Gasteiger partial charge in [-0.3, -0.25) is 0 Å². The summed E-state index contributed by atoms with van der Waals surface area (Å²) in [7, 11) is 1.91. The summed E-state index contributed by atoms with van der Waals surface area (Å²) in [6.07, 6.45) is 5.74. The highest BCUT2D eigenvalue weighted by Gasteiger charge is 2.32. The van der Waals surface area contributed by atoms with E-state index in [0.717, 1.165) is 25.7 Å². The average molecular weight is 141 g/mol. The van der Waals surface area contributed by atoms with Crippen molar-refractivity contribution in [3.05, 3.63) is 0 Å². The van der Waals surface area contributed by atoms with Crippen molar-refractivity contribution < 1.29 is 4.79 Å². The van der Waals surface area contributed by atoms with Gasteiger partial charge < -0.3 is 10.1 Å². The third-order valence-corrected chi connectivity index (χ3v) is 2.38. The fraction of sp³-hybridized carbons (Fsp3) is 0.875. The first-order chi connectivity index (χ1) is 4.83. The molecule has 1 aliphatic rings. The summed E-state index contributed by atoms with van der Waals surface area (Å²) in [4.78, 5) is 10.7. The number of hydrogen-bond acceptors (Lipinski definition) is 2. The van der Waals surface area contributed by atoms with Crippen molar-refractivity contribution in [2.75, 3.05) is 13.6 Å². The Hall–Kier alpha value is -0.370. The molecule has 0 amide bonds. The number of carbonyl (C=O) groups is 1. The normalized spacial score (nSPS) is 22.9. The molecule has 58 valence electrons. The van der Waals surface area contributed by atoms with Gasteiger partial charge in [0.25, 0.3) is 0 Å². The third kappa shape index (κ3) is 1.37. The van der Waals surface area contributed by atoms with Crippen molar-refractivity contribution in [1.82, 2.24) is 5.32 Å². The van der Waals surface area contributed by atoms with E-state index < -0.39 is 0 Å². The van der Waals surface area contributed by atoms with Gasteiger partial charge >= 0.3 is 0 Å². The smallest absolute Gasteiger partial charge is 0.127 e. The summed E-state index contributed by atoms with van der Waals surface area (Å²) in [5.74, 6) is 0. The minimum absolute atomic E-state index is 0.00521. The maximum atomic E-state index is 10.7. The van der Waals surface area contributed by atoms with Crippen LogP contribution in [0.4, 0.5) is 0 Å². The van der Waals surface area contributed by atoms with E-state index in [-0.39, 0.29) is 5.41 Å². The van der Waals surface area contributed by atoms with Gasteiger partial charge in [-0.05, 0) is 19.9 Å². The Morgan fingerprint density at radius 1 is 1.50 bits per heavy atom. The monoisotopic (exact) mass is 141 g/mol. The standard InChI is InChI=1S/C8H15NO/c1-9-6-8(7-10)4-2-3-5-8/h7,9H,2-6H2,1H3. The second-order valence-corrected chi connectivity index (χ2v) is 3.22. The van der Waals surface area contributed by atoms with Gasteiger partial charge in [0.1, 0.15) is 6.29 Å². The van der Waals surface area contributed by atoms with Crippen LogP contribution in [0.25, 0.3) is 0 Å². The van der Waals surface area contributed by atoms with Gasteiger partial charge in [-0.25, -0.2) is 0 Å². The zero-order valence-corrected chi connectivity index (χ0v) is 6.52. The molecule has 0 aromatic carbocycles. The van der Waals surface area contributed by atoms with Crippen molar-refractivity contribution in [1.29, 1.82) is 0 Å². The van der Waals surface area contributed by atoms with Gasteiger partial charge in [-0.2, -0.15) is 0 Å². The van der Waals surface area contributed by atoms with Crippen LogP contribution in [-0.4, -0.2) is 19.9 Å². The first-order valence-electron chi connectivity index (χ1n) is 3.94. The summed E-state index contributed by atoms with van der Waals surface area (Å²) in [6.45, 7) is 0.858. The molecule has 0 unspecified atom stereocenters. The zero-order valence-electron chi connectivity index (χ0n) is 6.52. The van der Waals surface area contributed by atoms with Crippen LogP contribution >= 0.6 is 0 Å². The Morgan fingerprint density at radius 3 is 2.50 bits per heavy atom. The largest absolute Gasteiger partial charge is 0.319 e. The second kappa shape index (κ2) is 3.15. The third-order valence-electron chi connectivity index (χ3n) is 2.38. The molecule has 1 fully saturated rings. The van der Waals surface area contributed by atoms with Gasteiger partial charge in [0.15, 0.2) is 0 Å². The van der Waals surface area contributed by atoms with Crippen LogP contribution in [0.3, 0.4) is 0 Å². The molecule has 1 saturated carbocycles. The highest BCUT2D eigenvalue weighted by atomic mass is 16.1. The molecule has 0 aromatic heterocycles. The average Bonchev–Trinajstić information content (AvgIpc) is 2.39. The molecule has 0 saturated heterocycles. The molecular weight excluding hydrogens is 126 g/mol. The van der Waals surface area contributed by atoms with Crippen molar-refractivity contribution >= 4 is 6.29 Å². The molecule has 1 N–H and O–H groups in total. The molecule has 1 rings (SSSR count). The lowest BCUT2D eigenvalue weighted by atomic mass is 9.88. The Bertz CT molecular complexity index is 116. The van der Waals surface area contributed by atoms with Gasteiger partial charge in [0, 0.05) is 12.0 Å². The predicted molar refractivity (Wildman–Crippen MR) is 40.9 cm³/mol. The van der Waals surface area contributed by atoms with Gasteiger partial charge in [0.05, 0.1) is 0 Å².